The van der Waals surface area contributed by atoms with Gasteiger partial charge in [-0.15, -0.1) is 11.8 Å². The fourth-order valence-electron chi connectivity index (χ4n) is 2.97. The van der Waals surface area contributed by atoms with E-state index in [1.54, 1.807) is 6.92 Å². The maximum atomic E-state index is 13.4. The number of pyridine rings is 1. The van der Waals surface area contributed by atoms with Gasteiger partial charge in [-0.05, 0) is 43.9 Å². The number of nitriles is 1. The van der Waals surface area contributed by atoms with Gasteiger partial charge >= 0.3 is 0 Å². The molecule has 0 atom stereocenters. The van der Waals surface area contributed by atoms with Gasteiger partial charge in [-0.3, -0.25) is 4.79 Å². The molecule has 0 spiro atoms. The Kier molecular flexibility index (Phi) is 5.95. The molecule has 6 nitrogen and oxygen atoms in total. The molecule has 0 saturated carbocycles. The van der Waals surface area contributed by atoms with E-state index in [-0.39, 0.29) is 16.9 Å². The minimum atomic E-state index is -0.389. The molecule has 0 aliphatic heterocycles. The SMILES string of the molecule is CCCCNc1nc2c(C#N)c(SC)nc(C)c2c(=O)n1-c1ccc(F)cc1. The molecular weight excluding hydrogens is 377 g/mol. The van der Waals surface area contributed by atoms with Gasteiger partial charge in [0, 0.05) is 6.54 Å². The summed E-state index contributed by atoms with van der Waals surface area (Å²) in [6.45, 7) is 4.42. The molecule has 0 radical (unpaired) electrons. The number of benzene rings is 1. The first kappa shape index (κ1) is 19.8. The summed E-state index contributed by atoms with van der Waals surface area (Å²) in [6.07, 6.45) is 3.70. The van der Waals surface area contributed by atoms with Crippen molar-refractivity contribution in [2.45, 2.75) is 31.7 Å². The molecule has 3 aromatic rings. The lowest BCUT2D eigenvalue weighted by molar-refractivity contribution is 0.627. The fraction of sp³-hybridized carbons (Fsp3) is 0.300. The average molecular weight is 397 g/mol. The molecule has 0 amide bonds. The van der Waals surface area contributed by atoms with Crippen LogP contribution in [0.1, 0.15) is 31.0 Å². The van der Waals surface area contributed by atoms with E-state index in [0.29, 0.717) is 39.8 Å². The third kappa shape index (κ3) is 3.58. The number of hydrogen-bond donors (Lipinski definition) is 1. The normalized spacial score (nSPS) is 10.8. The minimum Gasteiger partial charge on any atom is -0.355 e. The molecule has 2 heterocycles. The van der Waals surface area contributed by atoms with Crippen molar-refractivity contribution in [1.82, 2.24) is 14.5 Å². The summed E-state index contributed by atoms with van der Waals surface area (Å²) in [5.41, 5.74) is 1.28. The maximum Gasteiger partial charge on any atom is 0.269 e. The third-order valence-electron chi connectivity index (χ3n) is 4.37. The molecule has 0 bridgehead atoms. The molecule has 2 aromatic heterocycles. The van der Waals surface area contributed by atoms with Crippen molar-refractivity contribution < 1.29 is 4.39 Å². The van der Waals surface area contributed by atoms with E-state index < -0.39 is 0 Å². The van der Waals surface area contributed by atoms with Gasteiger partial charge in [0.1, 0.15) is 28.0 Å². The maximum absolute atomic E-state index is 13.4. The van der Waals surface area contributed by atoms with E-state index >= 15 is 0 Å². The smallest absolute Gasteiger partial charge is 0.269 e. The predicted molar refractivity (Wildman–Crippen MR) is 110 cm³/mol. The van der Waals surface area contributed by atoms with E-state index in [1.165, 1.54) is 40.6 Å². The number of hydrogen-bond acceptors (Lipinski definition) is 6. The van der Waals surface area contributed by atoms with Gasteiger partial charge in [0.05, 0.1) is 16.8 Å². The highest BCUT2D eigenvalue weighted by Crippen LogP contribution is 2.27. The molecule has 0 saturated heterocycles. The van der Waals surface area contributed by atoms with Crippen molar-refractivity contribution in [2.75, 3.05) is 18.1 Å². The second-order valence-corrected chi connectivity index (χ2v) is 7.04. The lowest BCUT2D eigenvalue weighted by Gasteiger charge is -2.16. The number of fused-ring (bicyclic) bond motifs is 1. The van der Waals surface area contributed by atoms with Gasteiger partial charge in [-0.2, -0.15) is 5.26 Å². The van der Waals surface area contributed by atoms with Crippen molar-refractivity contribution in [3.63, 3.8) is 0 Å². The summed E-state index contributed by atoms with van der Waals surface area (Å²) in [5, 5.41) is 13.7. The lowest BCUT2D eigenvalue weighted by Crippen LogP contribution is -2.25. The number of anilines is 1. The Balaban J connectivity index is 2.37. The van der Waals surface area contributed by atoms with Crippen LogP contribution in [0, 0.1) is 24.1 Å². The quantitative estimate of drug-likeness (QED) is 0.499. The van der Waals surface area contributed by atoms with Crippen LogP contribution >= 0.6 is 11.8 Å². The topological polar surface area (TPSA) is 83.6 Å². The second-order valence-electron chi connectivity index (χ2n) is 6.25. The van der Waals surface area contributed by atoms with Crippen LogP contribution in [-0.4, -0.2) is 27.3 Å². The molecule has 0 aliphatic rings. The standard InChI is InChI=1S/C20H20FN5OS/c1-4-5-10-23-20-25-17-15(11-22)18(28-3)24-12(2)16(17)19(27)26(20)14-8-6-13(21)7-9-14/h6-9H,4-5,10H2,1-3H3,(H,23,25). The van der Waals surface area contributed by atoms with E-state index in [9.17, 15) is 14.4 Å². The number of halogens is 1. The number of aromatic nitrogens is 3. The van der Waals surface area contributed by atoms with Gasteiger partial charge in [-0.25, -0.2) is 18.9 Å². The Morgan fingerprint density at radius 2 is 2.00 bits per heavy atom. The highest BCUT2D eigenvalue weighted by atomic mass is 32.2. The molecule has 0 unspecified atom stereocenters. The zero-order valence-electron chi connectivity index (χ0n) is 15.9. The first-order valence-electron chi connectivity index (χ1n) is 8.93. The molecule has 8 heteroatoms. The number of rotatable bonds is 6. The Bertz CT molecular complexity index is 1120. The van der Waals surface area contributed by atoms with Gasteiger partial charge in [-0.1, -0.05) is 13.3 Å². The minimum absolute atomic E-state index is 0.287. The third-order valence-corrected chi connectivity index (χ3v) is 5.05. The van der Waals surface area contributed by atoms with E-state index in [2.05, 4.69) is 28.3 Å². The first-order chi connectivity index (χ1) is 13.5. The molecule has 0 fully saturated rings. The zero-order valence-corrected chi connectivity index (χ0v) is 16.7. The first-order valence-corrected chi connectivity index (χ1v) is 10.2. The van der Waals surface area contributed by atoms with Gasteiger partial charge in [0.15, 0.2) is 0 Å². The van der Waals surface area contributed by atoms with Crippen LogP contribution in [0.2, 0.25) is 0 Å². The lowest BCUT2D eigenvalue weighted by atomic mass is 10.1. The summed E-state index contributed by atoms with van der Waals surface area (Å²) < 4.78 is 14.8. The van der Waals surface area contributed by atoms with Crippen LogP contribution in [0.4, 0.5) is 10.3 Å². The molecule has 0 aliphatic carbocycles. The second kappa shape index (κ2) is 8.40. The highest BCUT2D eigenvalue weighted by molar-refractivity contribution is 7.98. The van der Waals surface area contributed by atoms with Crippen molar-refractivity contribution in [3.05, 3.63) is 51.7 Å². The van der Waals surface area contributed by atoms with Crippen LogP contribution in [0.5, 0.6) is 0 Å². The largest absolute Gasteiger partial charge is 0.355 e. The number of nitrogens with zero attached hydrogens (tertiary/aromatic N) is 4. The summed E-state index contributed by atoms with van der Waals surface area (Å²) >= 11 is 1.34. The molecule has 1 N–H and O–H groups in total. The van der Waals surface area contributed by atoms with E-state index in [1.807, 2.05) is 6.26 Å². The molecule has 28 heavy (non-hydrogen) atoms. The number of unbranched alkanes of at least 4 members (excludes halogenated alkanes) is 1. The predicted octanol–water partition coefficient (Wildman–Crippen LogP) is 4.03. The van der Waals surface area contributed by atoms with Crippen molar-refractivity contribution in [3.8, 4) is 11.8 Å². The van der Waals surface area contributed by atoms with Gasteiger partial charge in [0.2, 0.25) is 5.95 Å². The Labute approximate surface area is 166 Å². The zero-order chi connectivity index (χ0) is 20.3. The van der Waals surface area contributed by atoms with Crippen LogP contribution in [0.15, 0.2) is 34.1 Å². The Morgan fingerprint density at radius 3 is 2.61 bits per heavy atom. The van der Waals surface area contributed by atoms with Crippen LogP contribution in [-0.2, 0) is 0 Å². The van der Waals surface area contributed by atoms with Crippen LogP contribution in [0.25, 0.3) is 16.6 Å². The summed E-state index contributed by atoms with van der Waals surface area (Å²) in [5.74, 6) is -0.0630. The van der Waals surface area contributed by atoms with E-state index in [0.717, 1.165) is 12.8 Å². The summed E-state index contributed by atoms with van der Waals surface area (Å²) in [7, 11) is 0. The number of nitrogens with one attached hydrogen (secondary N) is 1. The molecule has 144 valence electrons. The highest BCUT2D eigenvalue weighted by Gasteiger charge is 2.20. The fourth-order valence-corrected chi connectivity index (χ4v) is 3.54. The van der Waals surface area contributed by atoms with Crippen molar-refractivity contribution in [1.29, 1.82) is 5.26 Å². The van der Waals surface area contributed by atoms with Crippen molar-refractivity contribution in [2.24, 2.45) is 0 Å². The van der Waals surface area contributed by atoms with Gasteiger partial charge < -0.3 is 5.32 Å². The average Bonchev–Trinajstić information content (AvgIpc) is 2.68. The van der Waals surface area contributed by atoms with Crippen LogP contribution < -0.4 is 10.9 Å². The monoisotopic (exact) mass is 397 g/mol. The molecule has 1 aromatic carbocycles. The van der Waals surface area contributed by atoms with Gasteiger partial charge in [0.25, 0.3) is 5.56 Å². The summed E-state index contributed by atoms with van der Waals surface area (Å²) in [4.78, 5) is 22.4. The summed E-state index contributed by atoms with van der Waals surface area (Å²) in [6, 6.07) is 7.78. The number of thioether (sulfide) groups is 1. The van der Waals surface area contributed by atoms with Crippen molar-refractivity contribution >= 4 is 28.6 Å². The molecule has 3 rings (SSSR count). The van der Waals surface area contributed by atoms with E-state index in [4.69, 9.17) is 0 Å². The van der Waals surface area contributed by atoms with Crippen LogP contribution in [0.3, 0.4) is 0 Å². The number of aryl methyl sites for hydroxylation is 1. The molecular formula is C20H20FN5OS. The Morgan fingerprint density at radius 1 is 1.29 bits per heavy atom. The Hall–Kier alpha value is -2.92.